The van der Waals surface area contributed by atoms with Crippen molar-refractivity contribution < 1.29 is 56.5 Å². The molecule has 12 heterocycles. The molecule has 0 bridgehead atoms. The van der Waals surface area contributed by atoms with Gasteiger partial charge in [-0.25, -0.2) is 13.2 Å². The zero-order chi connectivity index (χ0) is 91.5. The van der Waals surface area contributed by atoms with Crippen molar-refractivity contribution in [2.75, 3.05) is 148 Å². The Labute approximate surface area is 757 Å². The third-order valence-electron chi connectivity index (χ3n) is 28.1. The van der Waals surface area contributed by atoms with Crippen molar-refractivity contribution in [2.45, 2.75) is 152 Å². The summed E-state index contributed by atoms with van der Waals surface area (Å²) in [6, 6.07) is 37.5. The number of fused-ring (bicyclic) bond motifs is 6. The SMILES string of the molecule is C=C(F)C(=O)N1CCN(c2nc(OC[C@@H]3CC(c4cc(N5CCc6c(nc(OC[C@@H]7CC(c8cc(N9CCc%10c(nc(OC[C@@H]%11[C@H](O)CC(=O)N%11C)nc%10N%10CCN(C(=O)C(=C)F)[C@@H](CC#N)C%10)C9)c9c(C)cccc9c8)C(=O)N7C)nc6N6CCN(C(=O)C(=C)F)[C@@H](CC#N)C6)C5)c5c(C)cccc5c4)CN3)nc3c2CCN(c2cccc4cccc(C)c24)C3)C[C@@H]1CC#N. The summed E-state index contributed by atoms with van der Waals surface area (Å²) in [5.74, 6) is -5.00. The molecule has 5 amide bonds. The normalized spacial score (nSPS) is 22.1. The van der Waals surface area contributed by atoms with E-state index in [0.717, 1.165) is 101 Å². The van der Waals surface area contributed by atoms with E-state index in [1.54, 1.807) is 19.0 Å². The zero-order valence-corrected chi connectivity index (χ0v) is 74.1. The number of hydrogen-bond donors (Lipinski definition) is 2. The molecule has 131 heavy (non-hydrogen) atoms. The topological polar surface area (TPSA) is 330 Å². The molecule has 676 valence electrons. The highest BCUT2D eigenvalue weighted by Gasteiger charge is 2.45. The zero-order valence-electron chi connectivity index (χ0n) is 74.1. The molecule has 0 radical (unpaired) electrons. The van der Waals surface area contributed by atoms with Gasteiger partial charge < -0.3 is 78.5 Å². The minimum Gasteiger partial charge on any atom is -0.462 e. The molecule has 9 aliphatic heterocycles. The molecule has 2 unspecified atom stereocenters. The third kappa shape index (κ3) is 17.2. The van der Waals surface area contributed by atoms with E-state index < -0.39 is 77.4 Å². The Balaban J connectivity index is 0.612. The van der Waals surface area contributed by atoms with Crippen molar-refractivity contribution in [3.63, 3.8) is 0 Å². The van der Waals surface area contributed by atoms with Crippen LogP contribution in [0.2, 0.25) is 0 Å². The Morgan fingerprint density at radius 1 is 0.481 bits per heavy atom. The Hall–Kier alpha value is -13.7. The van der Waals surface area contributed by atoms with E-state index in [4.69, 9.17) is 44.1 Å². The Morgan fingerprint density at radius 2 is 0.885 bits per heavy atom. The van der Waals surface area contributed by atoms with Gasteiger partial charge in [-0.15, -0.1) is 0 Å². The number of aliphatic hydroxyl groups excluding tert-OH is 1. The van der Waals surface area contributed by atoms with Gasteiger partial charge in [0, 0.05) is 155 Å². The molecule has 2 N–H and O–H groups in total. The number of piperazine rings is 3. The molecule has 6 fully saturated rings. The van der Waals surface area contributed by atoms with Gasteiger partial charge in [0.1, 0.15) is 37.3 Å². The van der Waals surface area contributed by atoms with Crippen LogP contribution in [-0.2, 0) is 62.9 Å². The van der Waals surface area contributed by atoms with Gasteiger partial charge in [-0.05, 0) is 121 Å². The number of anilines is 6. The molecular formula is C98H104F3N21O9. The highest BCUT2D eigenvalue weighted by molar-refractivity contribution is 6.01. The Morgan fingerprint density at radius 3 is 1.32 bits per heavy atom. The van der Waals surface area contributed by atoms with Crippen LogP contribution in [0.4, 0.5) is 47.7 Å². The maximum absolute atomic E-state index is 15.1. The predicted octanol–water partition coefficient (Wildman–Crippen LogP) is 10.3. The summed E-state index contributed by atoms with van der Waals surface area (Å²) in [5, 5.41) is 51.2. The van der Waals surface area contributed by atoms with Gasteiger partial charge in [-0.2, -0.15) is 45.7 Å². The van der Waals surface area contributed by atoms with Gasteiger partial charge in [0.25, 0.3) is 17.7 Å². The van der Waals surface area contributed by atoms with Crippen molar-refractivity contribution in [1.82, 2.24) is 59.7 Å². The minimum absolute atomic E-state index is 0.000181. The fourth-order valence-electron chi connectivity index (χ4n) is 21.2. The number of ether oxygens (including phenoxy) is 3. The van der Waals surface area contributed by atoms with Gasteiger partial charge in [-0.3, -0.25) is 24.0 Å². The lowest BCUT2D eigenvalue weighted by atomic mass is 9.90. The highest BCUT2D eigenvalue weighted by Crippen LogP contribution is 2.46. The Kier molecular flexibility index (Phi) is 24.6. The van der Waals surface area contributed by atoms with Gasteiger partial charge in [-0.1, -0.05) is 98.6 Å². The molecule has 6 aromatic carbocycles. The average Bonchev–Trinajstić information content (AvgIpc) is 1.45. The summed E-state index contributed by atoms with van der Waals surface area (Å²) in [5.41, 5.74) is 13.0. The van der Waals surface area contributed by atoms with Crippen molar-refractivity contribution >= 4 is 96.4 Å². The van der Waals surface area contributed by atoms with Crippen LogP contribution in [0, 0.1) is 54.8 Å². The fourth-order valence-corrected chi connectivity index (χ4v) is 21.2. The third-order valence-corrected chi connectivity index (χ3v) is 28.1. The molecule has 9 aliphatic rings. The largest absolute Gasteiger partial charge is 0.462 e. The number of rotatable bonds is 23. The lowest BCUT2D eigenvalue weighted by Gasteiger charge is -2.42. The maximum atomic E-state index is 15.1. The van der Waals surface area contributed by atoms with Crippen LogP contribution in [0.3, 0.4) is 0 Å². The van der Waals surface area contributed by atoms with Crippen LogP contribution in [0.5, 0.6) is 18.0 Å². The summed E-state index contributed by atoms with van der Waals surface area (Å²) in [6.45, 7) is 21.5. The molecule has 0 saturated carbocycles. The first-order chi connectivity index (χ1) is 63.3. The quantitative estimate of drug-likeness (QED) is 0.0562. The number of benzene rings is 6. The van der Waals surface area contributed by atoms with E-state index in [2.05, 4.69) is 169 Å². The Bertz CT molecular complexity index is 6270. The molecule has 0 aliphatic carbocycles. The molecule has 9 atom stereocenters. The molecular weight excluding hydrogens is 1670 g/mol. The number of halogens is 3. The summed E-state index contributed by atoms with van der Waals surface area (Å²) in [4.78, 5) is 119. The van der Waals surface area contributed by atoms with Crippen molar-refractivity contribution in [3.05, 3.63) is 196 Å². The number of nitrogens with zero attached hydrogens (tertiary/aromatic N) is 20. The number of likely N-dealkylation sites (tertiary alicyclic amines) is 2. The summed E-state index contributed by atoms with van der Waals surface area (Å²) < 4.78 is 63.6. The summed E-state index contributed by atoms with van der Waals surface area (Å²) >= 11 is 0. The van der Waals surface area contributed by atoms with Gasteiger partial charge >= 0.3 is 18.0 Å². The van der Waals surface area contributed by atoms with Crippen molar-refractivity contribution in [2.24, 2.45) is 0 Å². The number of amides is 5. The van der Waals surface area contributed by atoms with Crippen LogP contribution in [0.15, 0.2) is 134 Å². The lowest BCUT2D eigenvalue weighted by Crippen LogP contribution is -2.55. The van der Waals surface area contributed by atoms with Gasteiger partial charge in [0.05, 0.1) is 123 Å². The van der Waals surface area contributed by atoms with E-state index in [-0.39, 0.29) is 146 Å². The molecule has 33 heteroatoms. The number of nitriles is 3. The molecule has 3 aromatic heterocycles. The monoisotopic (exact) mass is 1780 g/mol. The highest BCUT2D eigenvalue weighted by atomic mass is 19.1. The smallest absolute Gasteiger partial charge is 0.318 e. The van der Waals surface area contributed by atoms with Gasteiger partial charge in [0.15, 0.2) is 17.5 Å². The van der Waals surface area contributed by atoms with Crippen molar-refractivity contribution in [3.8, 4) is 36.2 Å². The van der Waals surface area contributed by atoms with Crippen LogP contribution in [0.25, 0.3) is 32.3 Å². The number of carbonyl (C=O) groups is 5. The minimum atomic E-state index is -1.12. The van der Waals surface area contributed by atoms with E-state index in [1.807, 2.05) is 21.9 Å². The second-order valence-corrected chi connectivity index (χ2v) is 36.0. The molecule has 6 saturated heterocycles. The van der Waals surface area contributed by atoms with Crippen LogP contribution < -0.4 is 48.9 Å². The first-order valence-corrected chi connectivity index (χ1v) is 44.9. The number of likely N-dealkylation sites (N-methyl/N-ethyl adjacent to an activating group) is 2. The van der Waals surface area contributed by atoms with E-state index in [1.165, 1.54) is 25.0 Å². The molecule has 18 rings (SSSR count). The standard InChI is InChI=1S/C98H104F3N21O9/c1-56-13-9-16-62-17-12-20-80(86(56)62)114-30-24-73-77(50-114)106-96(109-89(73)117-33-36-120(92(125)59(4)99)69(47-117)21-27-102)129-53-68-41-67(46-105-68)65-39-63-18-10-14-57(2)87(63)81(42-65)115-31-25-74-78(51-115)107-97(110-90(74)118-34-37-121(93(126)60(5)100)70(48-118)22-28-103)130-54-72-44-76(95(128)112(72)7)66-40-64-19-11-15-58(3)88(64)82(43-66)116-32-26-75-79(52-116)108-98(131-55-83-84(123)45-85(124)113(83)8)111-91(75)119-35-38-122(94(127)61(6)101)71(49-119)23-29-104/h9-20,39-40,42-43,67-72,76,83-84,105,123H,4-6,21-26,30-38,41,44-55H2,1-3,7-8H3/t67?,68-,69-,70-,71-,72-,76?,83+,84+/m0/s1. The van der Waals surface area contributed by atoms with Crippen LogP contribution in [0.1, 0.15) is 112 Å². The second-order valence-electron chi connectivity index (χ2n) is 36.0. The number of aliphatic hydroxyl groups is 1. The van der Waals surface area contributed by atoms with E-state index in [9.17, 15) is 53.2 Å². The number of hydrogen-bond acceptors (Lipinski definition) is 25. The number of nitrogens with one attached hydrogen (secondary N) is 1. The van der Waals surface area contributed by atoms with Gasteiger partial charge in [0.2, 0.25) is 11.8 Å². The van der Waals surface area contributed by atoms with E-state index in [0.29, 0.717) is 100 Å². The molecule has 0 spiro atoms. The van der Waals surface area contributed by atoms with Crippen LogP contribution in [-0.4, -0.2) is 250 Å². The average molecular weight is 1780 g/mol. The summed E-state index contributed by atoms with van der Waals surface area (Å²) in [6.07, 6.45) is 1.46. The maximum Gasteiger partial charge on any atom is 0.318 e. The fraction of sp³-hybridized carbons (Fsp3) is 0.429. The number of aryl methyl sites for hydroxylation is 3. The molecule has 30 nitrogen and oxygen atoms in total. The first kappa shape index (κ1) is 88.0. The van der Waals surface area contributed by atoms with Crippen molar-refractivity contribution in [1.29, 1.82) is 15.8 Å². The first-order valence-electron chi connectivity index (χ1n) is 44.9. The summed E-state index contributed by atoms with van der Waals surface area (Å²) in [7, 11) is 3.39. The number of carbonyl (C=O) groups excluding carboxylic acids is 5. The van der Waals surface area contributed by atoms with Crippen LogP contribution >= 0.6 is 0 Å². The van der Waals surface area contributed by atoms with E-state index >= 15 is 4.79 Å². The second kappa shape index (κ2) is 36.7. The lowest BCUT2D eigenvalue weighted by molar-refractivity contribution is -0.132. The molecule has 9 aromatic rings. The predicted molar refractivity (Wildman–Crippen MR) is 488 cm³/mol. The number of aromatic nitrogens is 6.